The molecule has 1 aromatic rings. The zero-order valence-corrected chi connectivity index (χ0v) is 12.6. The number of benzene rings is 1. The van der Waals surface area contributed by atoms with Gasteiger partial charge in [-0.1, -0.05) is 0 Å². The third-order valence-electron chi connectivity index (χ3n) is 3.41. The van der Waals surface area contributed by atoms with Crippen molar-refractivity contribution in [2.75, 3.05) is 18.5 Å². The van der Waals surface area contributed by atoms with Gasteiger partial charge in [0.25, 0.3) is 5.69 Å². The van der Waals surface area contributed by atoms with Gasteiger partial charge in [-0.25, -0.2) is 0 Å². The zero-order valence-electron chi connectivity index (χ0n) is 11.0. The Bertz CT molecular complexity index is 620. The number of amides is 1. The molecular weight excluding hydrogens is 342 g/mol. The van der Waals surface area contributed by atoms with E-state index in [0.29, 0.717) is 36.2 Å². The van der Waals surface area contributed by atoms with Crippen LogP contribution in [0.5, 0.6) is 0 Å². The molecule has 110 valence electrons. The van der Waals surface area contributed by atoms with Gasteiger partial charge in [0.1, 0.15) is 5.41 Å². The van der Waals surface area contributed by atoms with Crippen LogP contribution in [0.4, 0.5) is 11.4 Å². The summed E-state index contributed by atoms with van der Waals surface area (Å²) in [5.41, 5.74) is -0.799. The Labute approximate surface area is 129 Å². The summed E-state index contributed by atoms with van der Waals surface area (Å²) in [6.07, 6.45) is 0.667. The Balaban J connectivity index is 2.19. The van der Waals surface area contributed by atoms with Crippen LogP contribution in [0, 0.1) is 26.9 Å². The minimum absolute atomic E-state index is 0.0825. The smallest absolute Gasteiger partial charge is 0.270 e. The molecule has 7 nitrogen and oxygen atoms in total. The number of hydrogen-bond acceptors (Lipinski definition) is 5. The Kier molecular flexibility index (Phi) is 4.55. The first-order valence-corrected chi connectivity index (χ1v) is 7.02. The molecular formula is C13H12BrN3O4. The SMILES string of the molecule is N#CC1(C(=O)Nc2ccc([N+](=O)[O-])cc2Br)CCOCC1. The maximum Gasteiger partial charge on any atom is 0.270 e. The Hall–Kier alpha value is -1.98. The van der Waals surface area contributed by atoms with Crippen LogP contribution in [0.1, 0.15) is 12.8 Å². The van der Waals surface area contributed by atoms with Crippen molar-refractivity contribution < 1.29 is 14.5 Å². The van der Waals surface area contributed by atoms with E-state index in [0.717, 1.165) is 0 Å². The van der Waals surface area contributed by atoms with Gasteiger partial charge in [0.15, 0.2) is 0 Å². The summed E-state index contributed by atoms with van der Waals surface area (Å²) >= 11 is 3.18. The molecule has 0 unspecified atom stereocenters. The average molecular weight is 354 g/mol. The molecule has 1 amide bonds. The first kappa shape index (κ1) is 15.4. The molecule has 0 aliphatic carbocycles. The quantitative estimate of drug-likeness (QED) is 0.664. The molecule has 1 aliphatic rings. The van der Waals surface area contributed by atoms with Crippen LogP contribution in [-0.2, 0) is 9.53 Å². The summed E-state index contributed by atoms with van der Waals surface area (Å²) in [6.45, 7) is 0.727. The maximum atomic E-state index is 12.3. The number of nitro groups is 1. The van der Waals surface area contributed by atoms with Crippen LogP contribution in [0.2, 0.25) is 0 Å². The van der Waals surface area contributed by atoms with Crippen LogP contribution >= 0.6 is 15.9 Å². The standard InChI is InChI=1S/C13H12BrN3O4/c14-10-7-9(17(19)20)1-2-11(10)16-12(18)13(8-15)3-5-21-6-4-13/h1-2,7H,3-6H2,(H,16,18). The number of ether oxygens (including phenoxy) is 1. The number of nitrogens with one attached hydrogen (secondary N) is 1. The zero-order chi connectivity index (χ0) is 15.5. The van der Waals surface area contributed by atoms with Crippen LogP contribution in [-0.4, -0.2) is 24.0 Å². The first-order chi connectivity index (χ1) is 9.98. The van der Waals surface area contributed by atoms with Gasteiger partial charge in [-0.2, -0.15) is 5.26 Å². The van der Waals surface area contributed by atoms with Gasteiger partial charge >= 0.3 is 0 Å². The lowest BCUT2D eigenvalue weighted by molar-refractivity contribution is -0.384. The number of rotatable bonds is 3. The van der Waals surface area contributed by atoms with Gasteiger partial charge in [-0.05, 0) is 34.8 Å². The molecule has 1 saturated heterocycles. The molecule has 1 aliphatic heterocycles. The molecule has 0 spiro atoms. The number of nitro benzene ring substituents is 1. The summed E-state index contributed by atoms with van der Waals surface area (Å²) in [6, 6.07) is 6.11. The summed E-state index contributed by atoms with van der Waals surface area (Å²) in [5, 5.41) is 22.6. The van der Waals surface area contributed by atoms with E-state index in [9.17, 15) is 20.2 Å². The number of anilines is 1. The fraction of sp³-hybridized carbons (Fsp3) is 0.385. The van der Waals surface area contributed by atoms with Crippen LogP contribution in [0.15, 0.2) is 22.7 Å². The van der Waals surface area contributed by atoms with Gasteiger partial charge in [-0.15, -0.1) is 0 Å². The van der Waals surface area contributed by atoms with E-state index >= 15 is 0 Å². The van der Waals surface area contributed by atoms with Gasteiger partial charge in [0.2, 0.25) is 5.91 Å². The lowest BCUT2D eigenvalue weighted by Crippen LogP contribution is -2.40. The van der Waals surface area contributed by atoms with E-state index in [1.165, 1.54) is 18.2 Å². The van der Waals surface area contributed by atoms with Crippen molar-refractivity contribution in [2.45, 2.75) is 12.8 Å². The lowest BCUT2D eigenvalue weighted by atomic mass is 9.81. The van der Waals surface area contributed by atoms with Crippen LogP contribution in [0.25, 0.3) is 0 Å². The van der Waals surface area contributed by atoms with E-state index in [-0.39, 0.29) is 5.69 Å². The molecule has 0 radical (unpaired) electrons. The van der Waals surface area contributed by atoms with Crippen molar-refractivity contribution in [3.8, 4) is 6.07 Å². The first-order valence-electron chi connectivity index (χ1n) is 6.23. The highest BCUT2D eigenvalue weighted by Gasteiger charge is 2.40. The summed E-state index contributed by atoms with van der Waals surface area (Å²) in [4.78, 5) is 22.5. The predicted molar refractivity (Wildman–Crippen MR) is 77.5 cm³/mol. The number of non-ortho nitro benzene ring substituents is 1. The summed E-state index contributed by atoms with van der Waals surface area (Å²) < 4.78 is 5.57. The van der Waals surface area contributed by atoms with Crippen molar-refractivity contribution in [2.24, 2.45) is 5.41 Å². The normalized spacial score (nSPS) is 16.8. The number of nitriles is 1. The van der Waals surface area contributed by atoms with E-state index in [1.54, 1.807) is 0 Å². The number of halogens is 1. The topological polar surface area (TPSA) is 105 Å². The Morgan fingerprint density at radius 2 is 2.14 bits per heavy atom. The minimum atomic E-state index is -1.11. The van der Waals surface area contributed by atoms with Crippen LogP contribution < -0.4 is 5.32 Å². The summed E-state index contributed by atoms with van der Waals surface area (Å²) in [7, 11) is 0. The molecule has 21 heavy (non-hydrogen) atoms. The molecule has 8 heteroatoms. The highest BCUT2D eigenvalue weighted by atomic mass is 79.9. The Morgan fingerprint density at radius 3 is 2.67 bits per heavy atom. The molecule has 2 rings (SSSR count). The summed E-state index contributed by atoms with van der Waals surface area (Å²) in [5.74, 6) is -0.414. The largest absolute Gasteiger partial charge is 0.381 e. The van der Waals surface area contributed by atoms with E-state index in [1.807, 2.05) is 0 Å². The highest BCUT2D eigenvalue weighted by molar-refractivity contribution is 9.10. The van der Waals surface area contributed by atoms with E-state index < -0.39 is 16.2 Å². The van der Waals surface area contributed by atoms with Crippen molar-refractivity contribution in [3.63, 3.8) is 0 Å². The second-order valence-electron chi connectivity index (χ2n) is 4.68. The van der Waals surface area contributed by atoms with Crippen molar-refractivity contribution in [1.82, 2.24) is 0 Å². The number of carbonyl (C=O) groups is 1. The van der Waals surface area contributed by atoms with E-state index in [2.05, 4.69) is 27.3 Å². The van der Waals surface area contributed by atoms with E-state index in [4.69, 9.17) is 4.74 Å². The number of hydrogen-bond donors (Lipinski definition) is 1. The van der Waals surface area contributed by atoms with Crippen molar-refractivity contribution >= 4 is 33.2 Å². The maximum absolute atomic E-state index is 12.3. The second-order valence-corrected chi connectivity index (χ2v) is 5.54. The van der Waals surface area contributed by atoms with Gasteiger partial charge in [0, 0.05) is 29.8 Å². The highest BCUT2D eigenvalue weighted by Crippen LogP contribution is 2.33. The lowest BCUT2D eigenvalue weighted by Gasteiger charge is -2.29. The molecule has 1 N–H and O–H groups in total. The molecule has 0 aromatic heterocycles. The molecule has 0 saturated carbocycles. The number of carbonyl (C=O) groups excluding carboxylic acids is 1. The van der Waals surface area contributed by atoms with Gasteiger partial charge in [0.05, 0.1) is 16.7 Å². The third kappa shape index (κ3) is 3.20. The third-order valence-corrected chi connectivity index (χ3v) is 4.06. The van der Waals surface area contributed by atoms with Crippen molar-refractivity contribution in [1.29, 1.82) is 5.26 Å². The van der Waals surface area contributed by atoms with Gasteiger partial charge < -0.3 is 10.1 Å². The monoisotopic (exact) mass is 353 g/mol. The molecule has 1 fully saturated rings. The second kappa shape index (κ2) is 6.20. The van der Waals surface area contributed by atoms with Crippen molar-refractivity contribution in [3.05, 3.63) is 32.8 Å². The van der Waals surface area contributed by atoms with Crippen LogP contribution in [0.3, 0.4) is 0 Å². The number of nitrogens with zero attached hydrogens (tertiary/aromatic N) is 2. The predicted octanol–water partition coefficient (Wildman–Crippen LogP) is 2.62. The fourth-order valence-electron chi connectivity index (χ4n) is 2.07. The molecule has 1 heterocycles. The fourth-order valence-corrected chi connectivity index (χ4v) is 2.54. The molecule has 0 bridgehead atoms. The molecule has 1 aromatic carbocycles. The molecule has 0 atom stereocenters. The van der Waals surface area contributed by atoms with Gasteiger partial charge in [-0.3, -0.25) is 14.9 Å². The average Bonchev–Trinajstić information content (AvgIpc) is 2.49. The minimum Gasteiger partial charge on any atom is -0.381 e. The Morgan fingerprint density at radius 1 is 1.48 bits per heavy atom.